The zero-order chi connectivity index (χ0) is 32.8. The zero-order valence-corrected chi connectivity index (χ0v) is 25.6. The molecule has 5 aromatic carbocycles. The van der Waals surface area contributed by atoms with E-state index in [0.29, 0.717) is 0 Å². The Hall–Kier alpha value is -5.78. The van der Waals surface area contributed by atoms with E-state index in [-0.39, 0.29) is 70.9 Å². The number of hydrogen-bond donors (Lipinski definition) is 2. The van der Waals surface area contributed by atoms with Crippen LogP contribution in [-0.4, -0.2) is 18.1 Å². The van der Waals surface area contributed by atoms with E-state index in [1.165, 1.54) is 30.3 Å². The van der Waals surface area contributed by atoms with Gasteiger partial charge >= 0.3 is 10.4 Å². The average Bonchev–Trinajstić information content (AvgIpc) is 3.06. The molecule has 0 radical (unpaired) electrons. The number of rotatable bonds is 12. The molecule has 0 atom stereocenters. The van der Waals surface area contributed by atoms with Gasteiger partial charge in [0.05, 0.1) is 0 Å². The fourth-order valence-corrected chi connectivity index (χ4v) is 5.17. The molecule has 47 heavy (non-hydrogen) atoms. The molecule has 2 N–H and O–H groups in total. The molecule has 1 heterocycles. The lowest BCUT2D eigenvalue weighted by atomic mass is 10.1. The van der Waals surface area contributed by atoms with E-state index in [9.17, 15) is 22.9 Å². The summed E-state index contributed by atoms with van der Waals surface area (Å²) >= 11 is 0. The van der Waals surface area contributed by atoms with Crippen molar-refractivity contribution in [2.45, 2.75) is 19.8 Å². The third-order valence-electron chi connectivity index (χ3n) is 7.02. The van der Waals surface area contributed by atoms with Crippen LogP contribution in [0.15, 0.2) is 131 Å². The molecule has 0 saturated heterocycles. The smallest absolute Gasteiger partial charge is 0.446 e. The predicted molar refractivity (Wildman–Crippen MR) is 174 cm³/mol. The van der Waals surface area contributed by atoms with E-state index in [0.717, 1.165) is 16.7 Å². The molecule has 6 rings (SSSR count). The molecular weight excluding hydrogens is 624 g/mol. The molecule has 11 heteroatoms. The van der Waals surface area contributed by atoms with Crippen LogP contribution in [0.3, 0.4) is 0 Å². The van der Waals surface area contributed by atoms with Gasteiger partial charge in [-0.25, -0.2) is 0 Å². The van der Waals surface area contributed by atoms with Gasteiger partial charge in [-0.3, -0.25) is 9.35 Å². The second kappa shape index (κ2) is 13.7. The lowest BCUT2D eigenvalue weighted by Gasteiger charge is -2.15. The maximum Gasteiger partial charge on any atom is 0.446 e. The lowest BCUT2D eigenvalue weighted by Crippen LogP contribution is -2.11. The molecule has 0 saturated carbocycles. The minimum absolute atomic E-state index is 0.000592. The van der Waals surface area contributed by atoms with Crippen molar-refractivity contribution in [1.82, 2.24) is 0 Å². The topological polar surface area (TPSA) is 142 Å². The monoisotopic (exact) mass is 652 g/mol. The first-order valence-electron chi connectivity index (χ1n) is 14.4. The van der Waals surface area contributed by atoms with E-state index in [1.807, 2.05) is 91.0 Å². The molecule has 0 bridgehead atoms. The summed E-state index contributed by atoms with van der Waals surface area (Å²) in [6, 6.07) is 34.6. The molecule has 0 unspecified atom stereocenters. The van der Waals surface area contributed by atoms with Gasteiger partial charge in [0.2, 0.25) is 11.2 Å². The molecule has 0 aliphatic carbocycles. The molecule has 6 aromatic rings. The van der Waals surface area contributed by atoms with Crippen LogP contribution in [0, 0.1) is 0 Å². The summed E-state index contributed by atoms with van der Waals surface area (Å²) < 4.78 is 61.9. The van der Waals surface area contributed by atoms with Crippen molar-refractivity contribution in [3.05, 3.63) is 148 Å². The first-order chi connectivity index (χ1) is 22.7. The van der Waals surface area contributed by atoms with Crippen molar-refractivity contribution in [1.29, 1.82) is 0 Å². The summed E-state index contributed by atoms with van der Waals surface area (Å²) in [4.78, 5) is 13.9. The van der Waals surface area contributed by atoms with Crippen molar-refractivity contribution in [3.63, 3.8) is 0 Å². The van der Waals surface area contributed by atoms with Crippen LogP contribution in [0.2, 0.25) is 0 Å². The normalized spacial score (nSPS) is 11.3. The number of fused-ring (bicyclic) bond motifs is 1. The molecule has 0 aliphatic heterocycles. The average molecular weight is 653 g/mol. The van der Waals surface area contributed by atoms with Crippen LogP contribution >= 0.6 is 0 Å². The first kappa shape index (κ1) is 31.2. The Kier molecular flexibility index (Phi) is 9.09. The Morgan fingerprint density at radius 1 is 0.638 bits per heavy atom. The number of hydrogen-bond acceptors (Lipinski definition) is 9. The molecule has 1 aromatic heterocycles. The zero-order valence-electron chi connectivity index (χ0n) is 24.7. The Morgan fingerprint density at radius 3 is 1.77 bits per heavy atom. The lowest BCUT2D eigenvalue weighted by molar-refractivity contribution is 0.291. The number of aromatic hydroxyl groups is 1. The van der Waals surface area contributed by atoms with Gasteiger partial charge in [-0.05, 0) is 34.9 Å². The number of phenolic OH excluding ortho intramolecular Hbond substituents is 1. The Balaban J connectivity index is 1.44. The summed E-state index contributed by atoms with van der Waals surface area (Å²) in [6.07, 6.45) is 0. The van der Waals surface area contributed by atoms with Gasteiger partial charge in [0, 0.05) is 17.7 Å². The van der Waals surface area contributed by atoms with Crippen molar-refractivity contribution in [3.8, 4) is 40.1 Å². The summed E-state index contributed by atoms with van der Waals surface area (Å²) in [6.45, 7) is 0.251. The summed E-state index contributed by atoms with van der Waals surface area (Å²) in [7, 11) is -4.97. The molecule has 0 amide bonds. The maximum absolute atomic E-state index is 13.9. The Morgan fingerprint density at radius 2 is 1.19 bits per heavy atom. The summed E-state index contributed by atoms with van der Waals surface area (Å²) in [5.41, 5.74) is 1.92. The van der Waals surface area contributed by atoms with Gasteiger partial charge in [0.1, 0.15) is 42.3 Å². The van der Waals surface area contributed by atoms with Gasteiger partial charge in [-0.2, -0.15) is 8.42 Å². The highest BCUT2D eigenvalue weighted by molar-refractivity contribution is 7.81. The molecule has 10 nitrogen and oxygen atoms in total. The van der Waals surface area contributed by atoms with Crippen LogP contribution in [0.5, 0.6) is 28.7 Å². The minimum Gasteiger partial charge on any atom is -0.507 e. The highest BCUT2D eigenvalue weighted by atomic mass is 32.3. The third kappa shape index (κ3) is 7.72. The van der Waals surface area contributed by atoms with E-state index in [4.69, 9.17) is 22.8 Å². The number of benzene rings is 5. The van der Waals surface area contributed by atoms with Crippen LogP contribution in [0.4, 0.5) is 0 Å². The fraction of sp³-hybridized carbons (Fsp3) is 0.0833. The van der Waals surface area contributed by atoms with E-state index >= 15 is 0 Å². The minimum atomic E-state index is -4.97. The third-order valence-corrected chi connectivity index (χ3v) is 7.41. The fourth-order valence-electron chi connectivity index (χ4n) is 4.82. The van der Waals surface area contributed by atoms with E-state index in [2.05, 4.69) is 0 Å². The highest BCUT2D eigenvalue weighted by Crippen LogP contribution is 2.40. The Bertz CT molecular complexity index is 2170. The van der Waals surface area contributed by atoms with Gasteiger partial charge in [-0.15, -0.1) is 0 Å². The highest BCUT2D eigenvalue weighted by Gasteiger charge is 2.24. The van der Waals surface area contributed by atoms with Gasteiger partial charge in [-0.1, -0.05) is 91.0 Å². The molecule has 238 valence electrons. The van der Waals surface area contributed by atoms with Gasteiger partial charge in [0.15, 0.2) is 17.3 Å². The van der Waals surface area contributed by atoms with Crippen molar-refractivity contribution < 1.29 is 40.9 Å². The van der Waals surface area contributed by atoms with Crippen molar-refractivity contribution in [2.75, 3.05) is 0 Å². The van der Waals surface area contributed by atoms with Crippen LogP contribution in [0.25, 0.3) is 22.3 Å². The van der Waals surface area contributed by atoms with Crippen LogP contribution in [-0.2, 0) is 30.2 Å². The van der Waals surface area contributed by atoms with E-state index < -0.39 is 15.8 Å². The summed E-state index contributed by atoms with van der Waals surface area (Å²) in [5, 5.41) is 10.8. The van der Waals surface area contributed by atoms with Crippen molar-refractivity contribution in [2.24, 2.45) is 0 Å². The molecular formula is C36H28O10S. The standard InChI is InChI=1S/C36H28O10S/c37-29-19-28(42-21-24-10-4-1-5-11-24)20-32-33(29)34(38)36(44-23-26-14-8-3-9-15-26)35(45-32)27-16-17-30(31(18-27)46-47(39,40)41)43-22-25-12-6-2-7-13-25/h1-20,37H,21-23H2,(H,39,40,41). The maximum atomic E-state index is 13.9. The SMILES string of the molecule is O=c1c(OCc2ccccc2)c(-c2ccc(OCc3ccccc3)c(OS(=O)(=O)O)c2)oc2cc(OCc3ccccc3)cc(O)c12. The van der Waals surface area contributed by atoms with Crippen LogP contribution in [0.1, 0.15) is 16.7 Å². The predicted octanol–water partition coefficient (Wildman–Crippen LogP) is 7.08. The quantitative estimate of drug-likeness (QED) is 0.132. The van der Waals surface area contributed by atoms with E-state index in [1.54, 1.807) is 0 Å². The van der Waals surface area contributed by atoms with Crippen LogP contribution < -0.4 is 23.8 Å². The first-order valence-corrected chi connectivity index (χ1v) is 15.8. The second-order valence-corrected chi connectivity index (χ2v) is 11.4. The molecule has 0 spiro atoms. The van der Waals surface area contributed by atoms with Crippen molar-refractivity contribution >= 4 is 21.4 Å². The number of ether oxygens (including phenoxy) is 3. The van der Waals surface area contributed by atoms with Gasteiger partial charge < -0.3 is 27.9 Å². The second-order valence-electron chi connectivity index (χ2n) is 10.4. The largest absolute Gasteiger partial charge is 0.507 e. The molecule has 0 fully saturated rings. The Labute approximate surface area is 269 Å². The molecule has 0 aliphatic rings. The number of phenols is 1. The van der Waals surface area contributed by atoms with Gasteiger partial charge in [0.25, 0.3) is 0 Å². The summed E-state index contributed by atoms with van der Waals surface area (Å²) in [5.74, 6) is -0.834.